The van der Waals surface area contributed by atoms with E-state index in [2.05, 4.69) is 20.9 Å². The minimum atomic E-state index is 0.0347. The SMILES string of the molecule is O=C(c1cc2c(Br)cnc(Cl)c2s1)N1CCOCC1. The Morgan fingerprint density at radius 2 is 2.21 bits per heavy atom. The zero-order valence-electron chi connectivity index (χ0n) is 9.86. The van der Waals surface area contributed by atoms with Crippen LogP contribution in [0.2, 0.25) is 5.15 Å². The van der Waals surface area contributed by atoms with E-state index in [0.717, 1.165) is 14.6 Å². The zero-order chi connectivity index (χ0) is 13.4. The fourth-order valence-corrected chi connectivity index (χ4v) is 3.83. The molecule has 0 radical (unpaired) electrons. The molecular weight excluding hydrogens is 352 g/mol. The number of pyridine rings is 1. The number of hydrogen-bond acceptors (Lipinski definition) is 4. The van der Waals surface area contributed by atoms with E-state index in [-0.39, 0.29) is 5.91 Å². The quantitative estimate of drug-likeness (QED) is 0.733. The summed E-state index contributed by atoms with van der Waals surface area (Å²) in [6.07, 6.45) is 1.65. The van der Waals surface area contributed by atoms with E-state index in [1.807, 2.05) is 11.0 Å². The first-order valence-electron chi connectivity index (χ1n) is 5.77. The van der Waals surface area contributed by atoms with E-state index in [0.29, 0.717) is 36.3 Å². The predicted molar refractivity (Wildman–Crippen MR) is 79.1 cm³/mol. The highest BCUT2D eigenvalue weighted by Crippen LogP contribution is 2.35. The molecule has 0 aliphatic carbocycles. The second-order valence-electron chi connectivity index (χ2n) is 4.15. The van der Waals surface area contributed by atoms with E-state index in [1.54, 1.807) is 6.20 Å². The highest BCUT2D eigenvalue weighted by molar-refractivity contribution is 9.10. The average Bonchev–Trinajstić information content (AvgIpc) is 2.89. The van der Waals surface area contributed by atoms with Gasteiger partial charge in [0.2, 0.25) is 0 Å². The lowest BCUT2D eigenvalue weighted by Gasteiger charge is -2.26. The van der Waals surface area contributed by atoms with Crippen molar-refractivity contribution in [2.45, 2.75) is 0 Å². The van der Waals surface area contributed by atoms with Crippen molar-refractivity contribution in [1.29, 1.82) is 0 Å². The number of fused-ring (bicyclic) bond motifs is 1. The number of hydrogen-bond donors (Lipinski definition) is 0. The molecule has 1 aliphatic heterocycles. The second kappa shape index (κ2) is 5.36. The zero-order valence-corrected chi connectivity index (χ0v) is 13.0. The first-order valence-corrected chi connectivity index (χ1v) is 7.76. The largest absolute Gasteiger partial charge is 0.378 e. The summed E-state index contributed by atoms with van der Waals surface area (Å²) in [7, 11) is 0. The summed E-state index contributed by atoms with van der Waals surface area (Å²) in [5.74, 6) is 0.0347. The minimum absolute atomic E-state index is 0.0347. The first kappa shape index (κ1) is 13.3. The molecule has 0 atom stereocenters. The predicted octanol–water partition coefficient (Wildman–Crippen LogP) is 3.18. The van der Waals surface area contributed by atoms with Gasteiger partial charge in [0.25, 0.3) is 5.91 Å². The van der Waals surface area contributed by atoms with Crippen LogP contribution in [0.1, 0.15) is 9.67 Å². The Bertz CT molecular complexity index is 601. The van der Waals surface area contributed by atoms with Crippen LogP contribution >= 0.6 is 38.9 Å². The maximum Gasteiger partial charge on any atom is 0.264 e. The van der Waals surface area contributed by atoms with Gasteiger partial charge in [-0.05, 0) is 22.0 Å². The van der Waals surface area contributed by atoms with Gasteiger partial charge in [-0.25, -0.2) is 4.98 Å². The number of rotatable bonds is 1. The van der Waals surface area contributed by atoms with Crippen LogP contribution in [0.3, 0.4) is 0 Å². The third-order valence-electron chi connectivity index (χ3n) is 2.98. The monoisotopic (exact) mass is 360 g/mol. The molecule has 0 spiro atoms. The molecule has 0 saturated carbocycles. The van der Waals surface area contributed by atoms with Crippen molar-refractivity contribution in [3.63, 3.8) is 0 Å². The Balaban J connectivity index is 1.99. The molecule has 1 fully saturated rings. The van der Waals surface area contributed by atoms with Crippen molar-refractivity contribution in [3.8, 4) is 0 Å². The number of amides is 1. The molecule has 0 unspecified atom stereocenters. The standard InChI is InChI=1S/C12H10BrClN2O2S/c13-8-6-15-11(14)10-7(8)5-9(19-10)12(17)16-1-3-18-4-2-16/h5-6H,1-4H2. The van der Waals surface area contributed by atoms with Crippen LogP contribution in [0.15, 0.2) is 16.7 Å². The van der Waals surface area contributed by atoms with Gasteiger partial charge in [0.1, 0.15) is 5.15 Å². The van der Waals surface area contributed by atoms with Crippen molar-refractivity contribution in [2.75, 3.05) is 26.3 Å². The Kier molecular flexibility index (Phi) is 3.75. The van der Waals surface area contributed by atoms with Gasteiger partial charge in [0, 0.05) is 29.1 Å². The van der Waals surface area contributed by atoms with Gasteiger partial charge in [-0.2, -0.15) is 0 Å². The van der Waals surface area contributed by atoms with Gasteiger partial charge in [-0.15, -0.1) is 11.3 Å². The van der Waals surface area contributed by atoms with Crippen molar-refractivity contribution in [1.82, 2.24) is 9.88 Å². The molecule has 1 aliphatic rings. The van der Waals surface area contributed by atoms with Crippen molar-refractivity contribution >= 4 is 54.9 Å². The number of morpholine rings is 1. The second-order valence-corrected chi connectivity index (χ2v) is 6.42. The fraction of sp³-hybridized carbons (Fsp3) is 0.333. The third-order valence-corrected chi connectivity index (χ3v) is 5.14. The van der Waals surface area contributed by atoms with Gasteiger partial charge in [-0.3, -0.25) is 4.79 Å². The van der Waals surface area contributed by atoms with Gasteiger partial charge in [0.15, 0.2) is 0 Å². The number of aromatic nitrogens is 1. The van der Waals surface area contributed by atoms with E-state index in [9.17, 15) is 4.79 Å². The molecular formula is C12H10BrClN2O2S. The lowest BCUT2D eigenvalue weighted by Crippen LogP contribution is -2.40. The normalized spacial score (nSPS) is 16.0. The summed E-state index contributed by atoms with van der Waals surface area (Å²) in [4.78, 5) is 19.0. The Morgan fingerprint density at radius 3 is 2.89 bits per heavy atom. The van der Waals surface area contributed by atoms with Crippen LogP contribution in [0.5, 0.6) is 0 Å². The number of thiophene rings is 1. The molecule has 7 heteroatoms. The smallest absolute Gasteiger partial charge is 0.264 e. The van der Waals surface area contributed by atoms with Crippen LogP contribution in [0.4, 0.5) is 0 Å². The van der Waals surface area contributed by atoms with Crippen LogP contribution in [0, 0.1) is 0 Å². The number of ether oxygens (including phenoxy) is 1. The lowest BCUT2D eigenvalue weighted by atomic mass is 10.3. The Hall–Kier alpha value is -0.690. The minimum Gasteiger partial charge on any atom is -0.378 e. The van der Waals surface area contributed by atoms with Gasteiger partial charge >= 0.3 is 0 Å². The van der Waals surface area contributed by atoms with Crippen LogP contribution in [0.25, 0.3) is 10.1 Å². The van der Waals surface area contributed by atoms with Gasteiger partial charge in [0.05, 0.1) is 22.8 Å². The van der Waals surface area contributed by atoms with E-state index >= 15 is 0 Å². The number of halogens is 2. The topological polar surface area (TPSA) is 42.4 Å². The molecule has 4 nitrogen and oxygen atoms in total. The van der Waals surface area contributed by atoms with E-state index < -0.39 is 0 Å². The summed E-state index contributed by atoms with van der Waals surface area (Å²) >= 11 is 10.9. The maximum atomic E-state index is 12.4. The molecule has 1 saturated heterocycles. The van der Waals surface area contributed by atoms with Crippen molar-refractivity contribution < 1.29 is 9.53 Å². The molecule has 3 rings (SSSR count). The van der Waals surface area contributed by atoms with Crippen LogP contribution in [-0.4, -0.2) is 42.1 Å². The number of nitrogens with zero attached hydrogens (tertiary/aromatic N) is 2. The Labute approximate surface area is 127 Å². The molecule has 100 valence electrons. The van der Waals surface area contributed by atoms with Crippen molar-refractivity contribution in [2.24, 2.45) is 0 Å². The molecule has 19 heavy (non-hydrogen) atoms. The van der Waals surface area contributed by atoms with Gasteiger partial charge in [-0.1, -0.05) is 11.6 Å². The van der Waals surface area contributed by atoms with Gasteiger partial charge < -0.3 is 9.64 Å². The molecule has 0 bridgehead atoms. The molecule has 3 heterocycles. The summed E-state index contributed by atoms with van der Waals surface area (Å²) in [6, 6.07) is 1.87. The summed E-state index contributed by atoms with van der Waals surface area (Å²) < 4.78 is 6.95. The lowest BCUT2D eigenvalue weighted by molar-refractivity contribution is 0.0306. The van der Waals surface area contributed by atoms with E-state index in [1.165, 1.54) is 11.3 Å². The van der Waals surface area contributed by atoms with Crippen LogP contribution in [-0.2, 0) is 4.74 Å². The Morgan fingerprint density at radius 1 is 1.47 bits per heavy atom. The molecule has 2 aromatic heterocycles. The molecule has 0 aromatic carbocycles. The first-order chi connectivity index (χ1) is 9.16. The highest BCUT2D eigenvalue weighted by atomic mass is 79.9. The summed E-state index contributed by atoms with van der Waals surface area (Å²) in [5, 5.41) is 1.37. The maximum absolute atomic E-state index is 12.4. The third kappa shape index (κ3) is 2.50. The fourth-order valence-electron chi connectivity index (χ4n) is 1.99. The van der Waals surface area contributed by atoms with Crippen LogP contribution < -0.4 is 0 Å². The average molecular weight is 362 g/mol. The van der Waals surface area contributed by atoms with E-state index in [4.69, 9.17) is 16.3 Å². The summed E-state index contributed by atoms with van der Waals surface area (Å²) in [6.45, 7) is 2.48. The molecule has 2 aromatic rings. The number of carbonyl (C=O) groups excluding carboxylic acids is 1. The highest BCUT2D eigenvalue weighted by Gasteiger charge is 2.21. The summed E-state index contributed by atoms with van der Waals surface area (Å²) in [5.41, 5.74) is 0. The van der Waals surface area contributed by atoms with Crippen molar-refractivity contribution in [3.05, 3.63) is 26.8 Å². The molecule has 0 N–H and O–H groups in total. The molecule has 1 amide bonds. The number of carbonyl (C=O) groups is 1.